The second kappa shape index (κ2) is 7.62. The molecule has 102 valence electrons. The number of carbonyl (C=O) groups excluding carboxylic acids is 1. The summed E-state index contributed by atoms with van der Waals surface area (Å²) < 4.78 is 0. The third-order valence-electron chi connectivity index (χ3n) is 2.62. The summed E-state index contributed by atoms with van der Waals surface area (Å²) in [4.78, 5) is 13.7. The van der Waals surface area contributed by atoms with E-state index in [1.54, 1.807) is 18.2 Å². The summed E-state index contributed by atoms with van der Waals surface area (Å²) in [5.41, 5.74) is 6.67. The molecule has 0 aromatic heterocycles. The highest BCUT2D eigenvalue weighted by atomic mass is 35.5. The van der Waals surface area contributed by atoms with Gasteiger partial charge in [-0.05, 0) is 24.7 Å². The molecule has 0 saturated heterocycles. The number of benzene rings is 1. The average molecular weight is 281 g/mol. The lowest BCUT2D eigenvalue weighted by atomic mass is 10.3. The zero-order chi connectivity index (χ0) is 14.3. The molecule has 19 heavy (non-hydrogen) atoms. The molecular weight excluding hydrogens is 264 g/mol. The first-order valence-electron chi connectivity index (χ1n) is 6.01. The van der Waals surface area contributed by atoms with Gasteiger partial charge in [-0.2, -0.15) is 5.26 Å². The van der Waals surface area contributed by atoms with Crippen LogP contribution in [0.15, 0.2) is 18.2 Å². The Hall–Kier alpha value is -1.77. The number of carbonyl (C=O) groups is 1. The van der Waals surface area contributed by atoms with Crippen LogP contribution < -0.4 is 11.1 Å². The van der Waals surface area contributed by atoms with E-state index in [-0.39, 0.29) is 12.5 Å². The Morgan fingerprint density at radius 3 is 2.89 bits per heavy atom. The van der Waals surface area contributed by atoms with Crippen LogP contribution in [-0.2, 0) is 4.79 Å². The van der Waals surface area contributed by atoms with E-state index in [1.165, 1.54) is 0 Å². The van der Waals surface area contributed by atoms with Crippen LogP contribution in [0.3, 0.4) is 0 Å². The number of amides is 1. The molecule has 5 nitrogen and oxygen atoms in total. The number of nitrogens with two attached hydrogens (primary N) is 1. The topological polar surface area (TPSA) is 82.2 Å². The van der Waals surface area contributed by atoms with Crippen LogP contribution in [0, 0.1) is 11.3 Å². The molecule has 0 spiro atoms. The van der Waals surface area contributed by atoms with Crippen molar-refractivity contribution in [3.05, 3.63) is 23.2 Å². The monoisotopic (exact) mass is 280 g/mol. The van der Waals surface area contributed by atoms with E-state index in [9.17, 15) is 4.79 Å². The molecule has 0 saturated carbocycles. The highest BCUT2D eigenvalue weighted by Crippen LogP contribution is 2.23. The molecule has 0 fully saturated rings. The Labute approximate surface area is 117 Å². The largest absolute Gasteiger partial charge is 0.399 e. The van der Waals surface area contributed by atoms with E-state index < -0.39 is 0 Å². The number of rotatable bonds is 6. The molecule has 0 aliphatic heterocycles. The number of anilines is 2. The van der Waals surface area contributed by atoms with Crippen molar-refractivity contribution in [2.45, 2.75) is 13.3 Å². The number of nitrogens with one attached hydrogen (secondary N) is 1. The van der Waals surface area contributed by atoms with Gasteiger partial charge >= 0.3 is 0 Å². The standard InChI is InChI=1S/C13H17ClN4O/c1-2-18(7-3-6-15)9-13(19)17-12-5-4-10(16)8-11(12)14/h4-5,8H,2-3,7,9,16H2,1H3,(H,17,19). The first-order chi connectivity index (χ1) is 9.06. The first kappa shape index (κ1) is 15.3. The maximum atomic E-state index is 11.9. The summed E-state index contributed by atoms with van der Waals surface area (Å²) in [6, 6.07) is 6.99. The molecule has 0 bridgehead atoms. The molecule has 0 radical (unpaired) electrons. The number of hydrogen-bond donors (Lipinski definition) is 2. The molecule has 3 N–H and O–H groups in total. The fourth-order valence-corrected chi connectivity index (χ4v) is 1.82. The highest BCUT2D eigenvalue weighted by molar-refractivity contribution is 6.34. The van der Waals surface area contributed by atoms with Gasteiger partial charge in [-0.3, -0.25) is 9.69 Å². The zero-order valence-electron chi connectivity index (χ0n) is 10.8. The Balaban J connectivity index is 2.57. The number of likely N-dealkylation sites (N-methyl/N-ethyl adjacent to an activating group) is 1. The Morgan fingerprint density at radius 2 is 2.32 bits per heavy atom. The van der Waals surface area contributed by atoms with Crippen LogP contribution in [0.5, 0.6) is 0 Å². The van der Waals surface area contributed by atoms with Crippen molar-refractivity contribution in [2.24, 2.45) is 0 Å². The predicted molar refractivity (Wildman–Crippen MR) is 76.8 cm³/mol. The molecule has 0 atom stereocenters. The van der Waals surface area contributed by atoms with E-state index in [2.05, 4.69) is 11.4 Å². The number of nitriles is 1. The smallest absolute Gasteiger partial charge is 0.238 e. The summed E-state index contributed by atoms with van der Waals surface area (Å²) in [5.74, 6) is -0.161. The summed E-state index contributed by atoms with van der Waals surface area (Å²) in [5, 5.41) is 11.7. The van der Waals surface area contributed by atoms with Gasteiger partial charge in [0.2, 0.25) is 5.91 Å². The summed E-state index contributed by atoms with van der Waals surface area (Å²) in [6.45, 7) is 3.47. The SMILES string of the molecule is CCN(CCC#N)CC(=O)Nc1ccc(N)cc1Cl. The van der Waals surface area contributed by atoms with Gasteiger partial charge in [0.15, 0.2) is 0 Å². The van der Waals surface area contributed by atoms with Crippen LogP contribution in [0.2, 0.25) is 5.02 Å². The highest BCUT2D eigenvalue weighted by Gasteiger charge is 2.10. The lowest BCUT2D eigenvalue weighted by Crippen LogP contribution is -2.33. The fraction of sp³-hybridized carbons (Fsp3) is 0.385. The maximum Gasteiger partial charge on any atom is 0.238 e. The third-order valence-corrected chi connectivity index (χ3v) is 2.93. The van der Waals surface area contributed by atoms with Gasteiger partial charge in [0.05, 0.1) is 23.3 Å². The molecule has 6 heteroatoms. The summed E-state index contributed by atoms with van der Waals surface area (Å²) in [7, 11) is 0. The van der Waals surface area contributed by atoms with Gasteiger partial charge in [0, 0.05) is 18.7 Å². The second-order valence-corrected chi connectivity index (χ2v) is 4.47. The van der Waals surface area contributed by atoms with Crippen molar-refractivity contribution in [2.75, 3.05) is 30.7 Å². The molecule has 0 heterocycles. The van der Waals surface area contributed by atoms with Crippen molar-refractivity contribution in [1.82, 2.24) is 4.90 Å². The van der Waals surface area contributed by atoms with Gasteiger partial charge in [-0.1, -0.05) is 18.5 Å². The average Bonchev–Trinajstić information content (AvgIpc) is 2.38. The van der Waals surface area contributed by atoms with E-state index >= 15 is 0 Å². The Bertz CT molecular complexity index is 484. The minimum absolute atomic E-state index is 0.161. The third kappa shape index (κ3) is 5.16. The zero-order valence-corrected chi connectivity index (χ0v) is 11.6. The normalized spacial score (nSPS) is 10.2. The van der Waals surface area contributed by atoms with Crippen LogP contribution in [0.4, 0.5) is 11.4 Å². The summed E-state index contributed by atoms with van der Waals surface area (Å²) in [6.07, 6.45) is 0.406. The van der Waals surface area contributed by atoms with Crippen molar-refractivity contribution in [3.8, 4) is 6.07 Å². The molecule has 1 rings (SSSR count). The number of halogens is 1. The van der Waals surface area contributed by atoms with Gasteiger partial charge in [-0.25, -0.2) is 0 Å². The molecule has 0 unspecified atom stereocenters. The number of nitrogens with zero attached hydrogens (tertiary/aromatic N) is 2. The van der Waals surface area contributed by atoms with Gasteiger partial charge in [0.1, 0.15) is 0 Å². The quantitative estimate of drug-likeness (QED) is 0.782. The van der Waals surface area contributed by atoms with Crippen molar-refractivity contribution in [1.29, 1.82) is 5.26 Å². The van der Waals surface area contributed by atoms with Crippen molar-refractivity contribution >= 4 is 28.9 Å². The predicted octanol–water partition coefficient (Wildman–Crippen LogP) is 2.10. The molecule has 0 aliphatic carbocycles. The van der Waals surface area contributed by atoms with Crippen LogP contribution >= 0.6 is 11.6 Å². The Kier molecular flexibility index (Phi) is 6.13. The van der Waals surface area contributed by atoms with E-state index in [4.69, 9.17) is 22.6 Å². The van der Waals surface area contributed by atoms with Crippen LogP contribution in [-0.4, -0.2) is 30.4 Å². The minimum atomic E-state index is -0.161. The lowest BCUT2D eigenvalue weighted by Gasteiger charge is -2.18. The van der Waals surface area contributed by atoms with Crippen LogP contribution in [0.1, 0.15) is 13.3 Å². The van der Waals surface area contributed by atoms with Crippen molar-refractivity contribution < 1.29 is 4.79 Å². The fourth-order valence-electron chi connectivity index (χ4n) is 1.58. The molecular formula is C13H17ClN4O. The van der Waals surface area contributed by atoms with Crippen molar-refractivity contribution in [3.63, 3.8) is 0 Å². The van der Waals surface area contributed by atoms with Gasteiger partial charge in [-0.15, -0.1) is 0 Å². The Morgan fingerprint density at radius 1 is 1.58 bits per heavy atom. The second-order valence-electron chi connectivity index (χ2n) is 4.06. The molecule has 1 aromatic rings. The van der Waals surface area contributed by atoms with Gasteiger partial charge < -0.3 is 11.1 Å². The minimum Gasteiger partial charge on any atom is -0.399 e. The van der Waals surface area contributed by atoms with Crippen LogP contribution in [0.25, 0.3) is 0 Å². The number of hydrogen-bond acceptors (Lipinski definition) is 4. The lowest BCUT2D eigenvalue weighted by molar-refractivity contribution is -0.117. The maximum absolute atomic E-state index is 11.9. The molecule has 0 aliphatic rings. The van der Waals surface area contributed by atoms with E-state index in [0.29, 0.717) is 35.9 Å². The molecule has 1 aromatic carbocycles. The van der Waals surface area contributed by atoms with E-state index in [1.807, 2.05) is 11.8 Å². The first-order valence-corrected chi connectivity index (χ1v) is 6.38. The molecule has 1 amide bonds. The van der Waals surface area contributed by atoms with E-state index in [0.717, 1.165) is 0 Å². The summed E-state index contributed by atoms with van der Waals surface area (Å²) >= 11 is 5.98. The number of nitrogen functional groups attached to an aromatic ring is 1. The van der Waals surface area contributed by atoms with Gasteiger partial charge in [0.25, 0.3) is 0 Å².